The van der Waals surface area contributed by atoms with Crippen LogP contribution in [0.3, 0.4) is 0 Å². The fourth-order valence-electron chi connectivity index (χ4n) is 2.66. The fourth-order valence-corrected chi connectivity index (χ4v) is 4.19. The molecule has 9 heteroatoms. The minimum absolute atomic E-state index is 0.147. The zero-order chi connectivity index (χ0) is 21.8. The summed E-state index contributed by atoms with van der Waals surface area (Å²) in [5, 5.41) is 1.23. The predicted octanol–water partition coefficient (Wildman–Crippen LogP) is 3.76. The Morgan fingerprint density at radius 2 is 1.69 bits per heavy atom. The van der Waals surface area contributed by atoms with Gasteiger partial charge in [0.15, 0.2) is 9.84 Å². The van der Waals surface area contributed by atoms with Crippen molar-refractivity contribution in [1.82, 2.24) is 4.90 Å². The lowest BCUT2D eigenvalue weighted by atomic mass is 10.1. The number of halogens is 2. The molecule has 0 aliphatic rings. The van der Waals surface area contributed by atoms with Crippen LogP contribution in [0.2, 0.25) is 5.02 Å². The number of hydrogen-bond acceptors (Lipinski definition) is 4. The molecule has 1 atom stereocenters. The number of benzene rings is 2. The van der Waals surface area contributed by atoms with E-state index in [0.717, 1.165) is 24.3 Å². The van der Waals surface area contributed by atoms with Gasteiger partial charge in [0.2, 0.25) is 5.91 Å². The molecule has 156 valence electrons. The van der Waals surface area contributed by atoms with Crippen LogP contribution < -0.4 is 5.32 Å². The largest absolute Gasteiger partial charge is 0.339 e. The molecule has 0 spiro atoms. The Bertz CT molecular complexity index is 1010. The summed E-state index contributed by atoms with van der Waals surface area (Å²) in [6.07, 6.45) is 0. The van der Waals surface area contributed by atoms with Gasteiger partial charge < -0.3 is 10.2 Å². The number of hydrogen-bond donors (Lipinski definition) is 1. The maximum atomic E-state index is 13.0. The monoisotopic (exact) mass is 440 g/mol. The fraction of sp³-hybridized carbons (Fsp3) is 0.300. The van der Waals surface area contributed by atoms with Crippen molar-refractivity contribution in [2.45, 2.75) is 30.9 Å². The summed E-state index contributed by atoms with van der Waals surface area (Å²) < 4.78 is 38.2. The van der Waals surface area contributed by atoms with Crippen molar-refractivity contribution in [3.05, 3.63) is 58.9 Å². The van der Waals surface area contributed by atoms with E-state index in [-0.39, 0.29) is 21.5 Å². The molecule has 1 N–H and O–H groups in total. The molecule has 29 heavy (non-hydrogen) atoms. The maximum absolute atomic E-state index is 13.0. The molecule has 2 aromatic rings. The van der Waals surface area contributed by atoms with Gasteiger partial charge in [-0.25, -0.2) is 12.8 Å². The number of rotatable bonds is 7. The molecule has 0 saturated carbocycles. The summed E-state index contributed by atoms with van der Waals surface area (Å²) in [6.45, 7) is 6.01. The summed E-state index contributed by atoms with van der Waals surface area (Å²) in [5.41, 5.74) is 0.553. The van der Waals surface area contributed by atoms with Crippen molar-refractivity contribution < 1.29 is 22.4 Å². The predicted molar refractivity (Wildman–Crippen MR) is 110 cm³/mol. The number of sulfone groups is 1. The summed E-state index contributed by atoms with van der Waals surface area (Å²) in [7, 11) is -4.00. The molecule has 0 fully saturated rings. The van der Waals surface area contributed by atoms with E-state index >= 15 is 0 Å². The van der Waals surface area contributed by atoms with E-state index in [1.165, 1.54) is 25.1 Å². The lowest BCUT2D eigenvalue weighted by Crippen LogP contribution is -2.33. The van der Waals surface area contributed by atoms with Gasteiger partial charge in [-0.2, -0.15) is 0 Å². The van der Waals surface area contributed by atoms with Gasteiger partial charge in [-0.3, -0.25) is 9.59 Å². The van der Waals surface area contributed by atoms with Crippen molar-refractivity contribution >= 4 is 38.9 Å². The molecule has 1 unspecified atom stereocenters. The minimum atomic E-state index is -4.00. The van der Waals surface area contributed by atoms with Crippen molar-refractivity contribution in [3.8, 4) is 0 Å². The van der Waals surface area contributed by atoms with E-state index < -0.39 is 26.8 Å². The molecule has 0 radical (unpaired) electrons. The molecule has 2 amide bonds. The Morgan fingerprint density at radius 1 is 1.10 bits per heavy atom. The van der Waals surface area contributed by atoms with Gasteiger partial charge in [-0.15, -0.1) is 0 Å². The average Bonchev–Trinajstić information content (AvgIpc) is 2.68. The summed E-state index contributed by atoms with van der Waals surface area (Å²) in [5.74, 6) is -1.58. The molecule has 6 nitrogen and oxygen atoms in total. The molecule has 0 heterocycles. The van der Waals surface area contributed by atoms with Gasteiger partial charge in [0.1, 0.15) is 11.1 Å². The number of nitrogens with zero attached hydrogens (tertiary/aromatic N) is 1. The topological polar surface area (TPSA) is 83.6 Å². The lowest BCUT2D eigenvalue weighted by molar-refractivity contribution is -0.115. The van der Waals surface area contributed by atoms with Crippen molar-refractivity contribution in [3.63, 3.8) is 0 Å². The standard InChI is InChI=1S/C20H22ClFN2O4S/c1-4-24(5-2)20(26)17-11-8-15(12-18(17)21)23-19(25)13(3)29(27,28)16-9-6-14(22)7-10-16/h6-13H,4-5H2,1-3H3,(H,23,25). The summed E-state index contributed by atoms with van der Waals surface area (Å²) >= 11 is 6.19. The highest BCUT2D eigenvalue weighted by Crippen LogP contribution is 2.24. The van der Waals surface area contributed by atoms with E-state index in [1.54, 1.807) is 4.90 Å². The van der Waals surface area contributed by atoms with Crippen LogP contribution in [0.5, 0.6) is 0 Å². The van der Waals surface area contributed by atoms with Crippen LogP contribution in [-0.2, 0) is 14.6 Å². The Morgan fingerprint density at radius 3 is 2.21 bits per heavy atom. The minimum Gasteiger partial charge on any atom is -0.339 e. The third-order valence-electron chi connectivity index (χ3n) is 4.49. The van der Waals surface area contributed by atoms with Crippen LogP contribution in [0.1, 0.15) is 31.1 Å². The van der Waals surface area contributed by atoms with Crippen LogP contribution in [0, 0.1) is 5.82 Å². The van der Waals surface area contributed by atoms with E-state index in [4.69, 9.17) is 11.6 Å². The van der Waals surface area contributed by atoms with Crippen LogP contribution in [0.4, 0.5) is 10.1 Å². The smallest absolute Gasteiger partial charge is 0.255 e. The first-order valence-corrected chi connectivity index (χ1v) is 10.9. The zero-order valence-corrected chi connectivity index (χ0v) is 17.8. The second kappa shape index (κ2) is 9.37. The molecule has 2 rings (SSSR count). The highest BCUT2D eigenvalue weighted by atomic mass is 35.5. The number of nitrogens with one attached hydrogen (secondary N) is 1. The van der Waals surface area contributed by atoms with E-state index in [9.17, 15) is 22.4 Å². The Labute approximate surface area is 174 Å². The van der Waals surface area contributed by atoms with Crippen LogP contribution in [-0.4, -0.2) is 43.5 Å². The number of anilines is 1. The van der Waals surface area contributed by atoms with Crippen LogP contribution in [0.25, 0.3) is 0 Å². The van der Waals surface area contributed by atoms with Gasteiger partial charge in [-0.1, -0.05) is 11.6 Å². The van der Waals surface area contributed by atoms with Gasteiger partial charge >= 0.3 is 0 Å². The lowest BCUT2D eigenvalue weighted by Gasteiger charge is -2.19. The van der Waals surface area contributed by atoms with Crippen molar-refractivity contribution in [2.75, 3.05) is 18.4 Å². The average molecular weight is 441 g/mol. The molecule has 0 bridgehead atoms. The van der Waals surface area contributed by atoms with Crippen molar-refractivity contribution in [2.24, 2.45) is 0 Å². The second-order valence-corrected chi connectivity index (χ2v) is 8.98. The van der Waals surface area contributed by atoms with Crippen LogP contribution in [0.15, 0.2) is 47.4 Å². The highest BCUT2D eigenvalue weighted by molar-refractivity contribution is 7.92. The quantitative estimate of drug-likeness (QED) is 0.664. The number of carbonyl (C=O) groups is 2. The third kappa shape index (κ3) is 5.13. The molecular weight excluding hydrogens is 419 g/mol. The molecule has 0 aliphatic carbocycles. The first kappa shape index (κ1) is 22.8. The van der Waals surface area contributed by atoms with Crippen molar-refractivity contribution in [1.29, 1.82) is 0 Å². The molecule has 2 aromatic carbocycles. The van der Waals surface area contributed by atoms with Crippen LogP contribution >= 0.6 is 11.6 Å². The zero-order valence-electron chi connectivity index (χ0n) is 16.3. The Hall–Kier alpha value is -2.45. The van der Waals surface area contributed by atoms with Gasteiger partial charge in [-0.05, 0) is 63.2 Å². The SMILES string of the molecule is CCN(CC)C(=O)c1ccc(NC(=O)C(C)S(=O)(=O)c2ccc(F)cc2)cc1Cl. The maximum Gasteiger partial charge on any atom is 0.255 e. The van der Waals surface area contributed by atoms with Gasteiger partial charge in [0, 0.05) is 18.8 Å². The number of carbonyl (C=O) groups excluding carboxylic acids is 2. The normalized spacial score (nSPS) is 12.3. The molecule has 0 aliphatic heterocycles. The van der Waals surface area contributed by atoms with Gasteiger partial charge in [0.25, 0.3) is 5.91 Å². The molecule has 0 saturated heterocycles. The van der Waals surface area contributed by atoms with E-state index in [1.807, 2.05) is 13.8 Å². The number of amides is 2. The third-order valence-corrected chi connectivity index (χ3v) is 6.88. The summed E-state index contributed by atoms with van der Waals surface area (Å²) in [6, 6.07) is 8.62. The molecular formula is C20H22ClFN2O4S. The second-order valence-electron chi connectivity index (χ2n) is 6.30. The van der Waals surface area contributed by atoms with Gasteiger partial charge in [0.05, 0.1) is 15.5 Å². The van der Waals surface area contributed by atoms with E-state index in [2.05, 4.69) is 5.32 Å². The Kier molecular flexibility index (Phi) is 7.37. The molecule has 0 aromatic heterocycles. The Balaban J connectivity index is 2.19. The highest BCUT2D eigenvalue weighted by Gasteiger charge is 2.30. The first-order chi connectivity index (χ1) is 13.6. The summed E-state index contributed by atoms with van der Waals surface area (Å²) in [4.78, 5) is 26.3. The first-order valence-electron chi connectivity index (χ1n) is 9.01. The van der Waals surface area contributed by atoms with E-state index in [0.29, 0.717) is 18.7 Å².